The number of aryl methyl sites for hydroxylation is 1. The first-order chi connectivity index (χ1) is 10.3. The molecule has 1 unspecified atom stereocenters. The standard InChI is InChI=1S/C16H15N3OS/c17-14-9-8-13(21-14)16-18-15(19-20-16)12-7-3-5-10-4-1-2-6-11(10)12/h1-2,4,6,8-9,12H,3,5,7,17H2. The Balaban J connectivity index is 1.71. The summed E-state index contributed by atoms with van der Waals surface area (Å²) in [5.74, 6) is 1.59. The van der Waals surface area contributed by atoms with Gasteiger partial charge in [0.25, 0.3) is 5.89 Å². The first-order valence-electron chi connectivity index (χ1n) is 7.08. The van der Waals surface area contributed by atoms with E-state index in [1.54, 1.807) is 0 Å². The van der Waals surface area contributed by atoms with Crippen LogP contribution in [0.1, 0.15) is 35.7 Å². The Morgan fingerprint density at radius 2 is 2.10 bits per heavy atom. The lowest BCUT2D eigenvalue weighted by atomic mass is 9.82. The summed E-state index contributed by atoms with van der Waals surface area (Å²) in [7, 11) is 0. The lowest BCUT2D eigenvalue weighted by Crippen LogP contribution is -2.12. The van der Waals surface area contributed by atoms with Crippen molar-refractivity contribution in [3.63, 3.8) is 0 Å². The van der Waals surface area contributed by atoms with Crippen LogP contribution >= 0.6 is 11.3 Å². The highest BCUT2D eigenvalue weighted by Gasteiger charge is 2.26. The first-order valence-corrected chi connectivity index (χ1v) is 7.90. The van der Waals surface area contributed by atoms with Gasteiger partial charge < -0.3 is 10.3 Å². The van der Waals surface area contributed by atoms with Crippen LogP contribution in [0.3, 0.4) is 0 Å². The van der Waals surface area contributed by atoms with Crippen LogP contribution in [0.15, 0.2) is 40.9 Å². The number of nitrogens with zero attached hydrogens (tertiary/aromatic N) is 2. The van der Waals surface area contributed by atoms with Gasteiger partial charge in [-0.25, -0.2) is 0 Å². The van der Waals surface area contributed by atoms with Crippen molar-refractivity contribution >= 4 is 16.3 Å². The second kappa shape index (κ2) is 5.00. The number of aromatic nitrogens is 2. The van der Waals surface area contributed by atoms with Crippen LogP contribution in [0.2, 0.25) is 0 Å². The Morgan fingerprint density at radius 3 is 2.95 bits per heavy atom. The van der Waals surface area contributed by atoms with Gasteiger partial charge in [-0.15, -0.1) is 11.3 Å². The monoisotopic (exact) mass is 297 g/mol. The molecule has 0 saturated heterocycles. The maximum Gasteiger partial charge on any atom is 0.268 e. The number of hydrogen-bond acceptors (Lipinski definition) is 5. The molecule has 1 aromatic carbocycles. The molecule has 1 aliphatic carbocycles. The molecule has 5 heteroatoms. The van der Waals surface area contributed by atoms with E-state index in [2.05, 4.69) is 34.4 Å². The molecule has 3 aromatic rings. The molecule has 0 radical (unpaired) electrons. The van der Waals surface area contributed by atoms with E-state index in [4.69, 9.17) is 10.3 Å². The molecule has 2 heterocycles. The average Bonchev–Trinajstić information content (AvgIpc) is 3.15. The summed E-state index contributed by atoms with van der Waals surface area (Å²) in [6.45, 7) is 0. The highest BCUT2D eigenvalue weighted by Crippen LogP contribution is 2.36. The van der Waals surface area contributed by atoms with E-state index in [-0.39, 0.29) is 5.92 Å². The number of nitrogen functional groups attached to an aromatic ring is 1. The van der Waals surface area contributed by atoms with Crippen LogP contribution in [0.4, 0.5) is 5.00 Å². The molecule has 0 bridgehead atoms. The van der Waals surface area contributed by atoms with Crippen molar-refractivity contribution in [2.75, 3.05) is 5.73 Å². The normalized spacial score (nSPS) is 17.6. The van der Waals surface area contributed by atoms with Gasteiger partial charge >= 0.3 is 0 Å². The predicted molar refractivity (Wildman–Crippen MR) is 83.2 cm³/mol. The molecule has 1 atom stereocenters. The van der Waals surface area contributed by atoms with Gasteiger partial charge in [-0.3, -0.25) is 0 Å². The predicted octanol–water partition coefficient (Wildman–Crippen LogP) is 3.85. The van der Waals surface area contributed by atoms with Gasteiger partial charge in [0.15, 0.2) is 5.82 Å². The maximum atomic E-state index is 5.76. The summed E-state index contributed by atoms with van der Waals surface area (Å²) in [5, 5.41) is 4.96. The van der Waals surface area contributed by atoms with Gasteiger partial charge in [0.2, 0.25) is 0 Å². The molecule has 0 spiro atoms. The quantitative estimate of drug-likeness (QED) is 0.780. The van der Waals surface area contributed by atoms with E-state index >= 15 is 0 Å². The van der Waals surface area contributed by atoms with Crippen LogP contribution < -0.4 is 5.73 Å². The van der Waals surface area contributed by atoms with Crippen molar-refractivity contribution in [1.29, 1.82) is 0 Å². The second-order valence-electron chi connectivity index (χ2n) is 5.30. The molecule has 0 fully saturated rings. The molecular formula is C16H15N3OS. The van der Waals surface area contributed by atoms with E-state index in [1.807, 2.05) is 12.1 Å². The molecule has 106 valence electrons. The molecule has 2 aromatic heterocycles. The van der Waals surface area contributed by atoms with Gasteiger partial charge in [-0.1, -0.05) is 29.4 Å². The van der Waals surface area contributed by atoms with Gasteiger partial charge in [0, 0.05) is 5.92 Å². The molecule has 0 aliphatic heterocycles. The Hall–Kier alpha value is -2.14. The second-order valence-corrected chi connectivity index (χ2v) is 6.42. The zero-order valence-corrected chi connectivity index (χ0v) is 12.3. The summed E-state index contributed by atoms with van der Waals surface area (Å²) in [5.41, 5.74) is 8.50. The zero-order valence-electron chi connectivity index (χ0n) is 11.5. The van der Waals surface area contributed by atoms with Crippen molar-refractivity contribution in [3.05, 3.63) is 53.3 Å². The number of anilines is 1. The van der Waals surface area contributed by atoms with Crippen LogP contribution in [-0.2, 0) is 6.42 Å². The average molecular weight is 297 g/mol. The topological polar surface area (TPSA) is 64.9 Å². The fourth-order valence-electron chi connectivity index (χ4n) is 2.97. The third-order valence-electron chi connectivity index (χ3n) is 3.96. The highest BCUT2D eigenvalue weighted by atomic mass is 32.1. The Morgan fingerprint density at radius 1 is 1.19 bits per heavy atom. The molecule has 4 nitrogen and oxygen atoms in total. The van der Waals surface area contributed by atoms with Crippen molar-refractivity contribution in [2.24, 2.45) is 0 Å². The van der Waals surface area contributed by atoms with Gasteiger partial charge in [0.1, 0.15) is 0 Å². The smallest absolute Gasteiger partial charge is 0.268 e. The van der Waals surface area contributed by atoms with Gasteiger partial charge in [0.05, 0.1) is 9.88 Å². The van der Waals surface area contributed by atoms with E-state index < -0.39 is 0 Å². The number of benzene rings is 1. The molecule has 21 heavy (non-hydrogen) atoms. The third kappa shape index (κ3) is 2.23. The summed E-state index contributed by atoms with van der Waals surface area (Å²) >= 11 is 1.47. The summed E-state index contributed by atoms with van der Waals surface area (Å²) in [6.07, 6.45) is 3.37. The minimum Gasteiger partial charge on any atom is -0.391 e. The Kier molecular flexibility index (Phi) is 3.00. The molecule has 2 N–H and O–H groups in total. The van der Waals surface area contributed by atoms with Crippen LogP contribution in [0.25, 0.3) is 10.8 Å². The van der Waals surface area contributed by atoms with Crippen LogP contribution in [0.5, 0.6) is 0 Å². The molecular weight excluding hydrogens is 282 g/mol. The number of hydrogen-bond donors (Lipinski definition) is 1. The number of nitrogens with two attached hydrogens (primary N) is 1. The number of rotatable bonds is 2. The summed E-state index contributed by atoms with van der Waals surface area (Å²) in [6, 6.07) is 12.3. The van der Waals surface area contributed by atoms with Gasteiger partial charge in [-0.2, -0.15) is 4.98 Å². The van der Waals surface area contributed by atoms with Crippen molar-refractivity contribution in [2.45, 2.75) is 25.2 Å². The van der Waals surface area contributed by atoms with Crippen molar-refractivity contribution < 1.29 is 4.52 Å². The lowest BCUT2D eigenvalue weighted by molar-refractivity contribution is 0.416. The minimum absolute atomic E-state index is 0.241. The summed E-state index contributed by atoms with van der Waals surface area (Å²) < 4.78 is 5.43. The fraction of sp³-hybridized carbons (Fsp3) is 0.250. The SMILES string of the molecule is Nc1ccc(-c2nc(C3CCCc4ccccc43)no2)s1. The van der Waals surface area contributed by atoms with E-state index in [9.17, 15) is 0 Å². The Bertz CT molecular complexity index is 777. The fourth-order valence-corrected chi connectivity index (χ4v) is 3.66. The number of thiophene rings is 1. The largest absolute Gasteiger partial charge is 0.391 e. The molecule has 0 saturated carbocycles. The Labute approximate surface area is 126 Å². The van der Waals surface area contributed by atoms with Crippen LogP contribution in [0, 0.1) is 0 Å². The van der Waals surface area contributed by atoms with Crippen molar-refractivity contribution in [3.8, 4) is 10.8 Å². The zero-order chi connectivity index (χ0) is 14.2. The van der Waals surface area contributed by atoms with E-state index in [1.165, 1.54) is 22.5 Å². The van der Waals surface area contributed by atoms with Gasteiger partial charge in [-0.05, 0) is 42.5 Å². The number of fused-ring (bicyclic) bond motifs is 1. The molecule has 0 amide bonds. The lowest BCUT2D eigenvalue weighted by Gasteiger charge is -2.22. The minimum atomic E-state index is 0.241. The summed E-state index contributed by atoms with van der Waals surface area (Å²) in [4.78, 5) is 5.52. The highest BCUT2D eigenvalue weighted by molar-refractivity contribution is 7.19. The molecule has 4 rings (SSSR count). The van der Waals surface area contributed by atoms with Crippen LogP contribution in [-0.4, -0.2) is 10.1 Å². The van der Waals surface area contributed by atoms with E-state index in [0.717, 1.165) is 35.0 Å². The van der Waals surface area contributed by atoms with Crippen molar-refractivity contribution in [1.82, 2.24) is 10.1 Å². The third-order valence-corrected chi connectivity index (χ3v) is 4.86. The molecule has 1 aliphatic rings. The first kappa shape index (κ1) is 12.6. The maximum absolute atomic E-state index is 5.76. The van der Waals surface area contributed by atoms with E-state index in [0.29, 0.717) is 5.89 Å².